The van der Waals surface area contributed by atoms with Gasteiger partial charge in [0.15, 0.2) is 11.5 Å². The molecule has 0 aliphatic carbocycles. The maximum atomic E-state index is 12.4. The molecule has 1 aromatic carbocycles. The van der Waals surface area contributed by atoms with Crippen LogP contribution in [0.25, 0.3) is 0 Å². The van der Waals surface area contributed by atoms with Crippen LogP contribution >= 0.6 is 0 Å². The number of nitrogens with zero attached hydrogens (tertiary/aromatic N) is 2. The number of ether oxygens (including phenoxy) is 3. The van der Waals surface area contributed by atoms with Gasteiger partial charge in [-0.3, -0.25) is 4.79 Å². The Balaban J connectivity index is 1.73. The Morgan fingerprint density at radius 1 is 1.33 bits per heavy atom. The number of carbonyl (C=O) groups is 1. The first kappa shape index (κ1) is 16.3. The number of aromatic nitrogens is 2. The van der Waals surface area contributed by atoms with Crippen LogP contribution in [0.2, 0.25) is 0 Å². The van der Waals surface area contributed by atoms with Gasteiger partial charge in [-0.15, -0.1) is 0 Å². The molecule has 2 aromatic rings. The molecule has 24 heavy (non-hydrogen) atoms. The smallest absolute Gasteiger partial charge is 0.271 e. The van der Waals surface area contributed by atoms with Crippen molar-refractivity contribution in [3.05, 3.63) is 41.5 Å². The second-order valence-corrected chi connectivity index (χ2v) is 5.60. The van der Waals surface area contributed by atoms with Gasteiger partial charge in [-0.05, 0) is 24.6 Å². The van der Waals surface area contributed by atoms with E-state index in [-0.39, 0.29) is 11.9 Å². The van der Waals surface area contributed by atoms with Crippen molar-refractivity contribution >= 4 is 5.91 Å². The molecule has 0 spiro atoms. The summed E-state index contributed by atoms with van der Waals surface area (Å²) in [7, 11) is 3.18. The minimum atomic E-state index is -0.209. The van der Waals surface area contributed by atoms with Crippen LogP contribution in [0.1, 0.15) is 34.8 Å². The molecule has 1 unspecified atom stereocenters. The van der Waals surface area contributed by atoms with Crippen LogP contribution in [0.15, 0.2) is 24.4 Å². The summed E-state index contributed by atoms with van der Waals surface area (Å²) in [6.45, 7) is 3.73. The van der Waals surface area contributed by atoms with Crippen molar-refractivity contribution in [2.24, 2.45) is 0 Å². The lowest BCUT2D eigenvalue weighted by molar-refractivity contribution is 0.0815. The van der Waals surface area contributed by atoms with Gasteiger partial charge in [-0.25, -0.2) is 4.98 Å². The molecule has 0 radical (unpaired) electrons. The summed E-state index contributed by atoms with van der Waals surface area (Å²) in [5.74, 6) is 1.86. The van der Waals surface area contributed by atoms with Crippen LogP contribution in [0.5, 0.6) is 11.5 Å². The largest absolute Gasteiger partial charge is 0.493 e. The van der Waals surface area contributed by atoms with E-state index >= 15 is 0 Å². The number of carbonyl (C=O) groups excluding carboxylic acids is 1. The highest BCUT2D eigenvalue weighted by Gasteiger charge is 2.19. The minimum Gasteiger partial charge on any atom is -0.493 e. The molecule has 7 heteroatoms. The third kappa shape index (κ3) is 3.21. The van der Waals surface area contributed by atoms with Crippen LogP contribution in [-0.2, 0) is 17.9 Å². The SMILES string of the molecule is COc1ccc(C(C)NC(=O)c2cn3c(n2)COCC3)cc1OC. The summed E-state index contributed by atoms with van der Waals surface area (Å²) in [6.07, 6.45) is 1.77. The Bertz CT molecular complexity index is 718. The molecular formula is C17H21N3O4. The van der Waals surface area contributed by atoms with E-state index in [2.05, 4.69) is 10.3 Å². The number of hydrogen-bond acceptors (Lipinski definition) is 5. The molecule has 1 aliphatic heterocycles. The average molecular weight is 331 g/mol. The molecule has 3 rings (SSSR count). The first-order chi connectivity index (χ1) is 11.6. The highest BCUT2D eigenvalue weighted by molar-refractivity contribution is 5.92. The fraction of sp³-hybridized carbons (Fsp3) is 0.412. The summed E-state index contributed by atoms with van der Waals surface area (Å²) in [5.41, 5.74) is 1.33. The zero-order valence-electron chi connectivity index (χ0n) is 14.0. The Hall–Kier alpha value is -2.54. The molecule has 0 bridgehead atoms. The van der Waals surface area contributed by atoms with Gasteiger partial charge in [-0.1, -0.05) is 6.07 Å². The third-order valence-corrected chi connectivity index (χ3v) is 4.05. The number of imidazole rings is 1. The van der Waals surface area contributed by atoms with Gasteiger partial charge >= 0.3 is 0 Å². The van der Waals surface area contributed by atoms with Crippen molar-refractivity contribution in [1.82, 2.24) is 14.9 Å². The van der Waals surface area contributed by atoms with E-state index < -0.39 is 0 Å². The van der Waals surface area contributed by atoms with Crippen molar-refractivity contribution in [2.45, 2.75) is 26.1 Å². The van der Waals surface area contributed by atoms with Gasteiger partial charge in [0.1, 0.15) is 18.1 Å². The zero-order chi connectivity index (χ0) is 17.1. The number of hydrogen-bond donors (Lipinski definition) is 1. The standard InChI is InChI=1S/C17H21N3O4/c1-11(12-4-5-14(22-2)15(8-12)23-3)18-17(21)13-9-20-6-7-24-10-16(20)19-13/h4-5,8-9,11H,6-7,10H2,1-3H3,(H,18,21). The number of rotatable bonds is 5. The lowest BCUT2D eigenvalue weighted by Gasteiger charge is -2.16. The molecular weight excluding hydrogens is 310 g/mol. The van der Waals surface area contributed by atoms with Gasteiger partial charge in [-0.2, -0.15) is 0 Å². The van der Waals surface area contributed by atoms with Crippen molar-refractivity contribution < 1.29 is 19.0 Å². The predicted molar refractivity (Wildman–Crippen MR) is 87.3 cm³/mol. The summed E-state index contributed by atoms with van der Waals surface area (Å²) in [5, 5.41) is 2.96. The fourth-order valence-electron chi connectivity index (χ4n) is 2.67. The fourth-order valence-corrected chi connectivity index (χ4v) is 2.67. The van der Waals surface area contributed by atoms with E-state index in [4.69, 9.17) is 14.2 Å². The second-order valence-electron chi connectivity index (χ2n) is 5.60. The lowest BCUT2D eigenvalue weighted by atomic mass is 10.1. The summed E-state index contributed by atoms with van der Waals surface area (Å²) < 4.78 is 17.8. The van der Waals surface area contributed by atoms with E-state index in [1.165, 1.54) is 0 Å². The van der Waals surface area contributed by atoms with Gasteiger partial charge in [0.2, 0.25) is 0 Å². The zero-order valence-corrected chi connectivity index (χ0v) is 14.0. The summed E-state index contributed by atoms with van der Waals surface area (Å²) in [4.78, 5) is 16.8. The van der Waals surface area contributed by atoms with E-state index in [1.807, 2.05) is 29.7 Å². The Morgan fingerprint density at radius 3 is 2.83 bits per heavy atom. The average Bonchev–Trinajstić information content (AvgIpc) is 3.05. The lowest BCUT2D eigenvalue weighted by Crippen LogP contribution is -2.27. The van der Waals surface area contributed by atoms with Crippen molar-refractivity contribution in [1.29, 1.82) is 0 Å². The predicted octanol–water partition coefficient (Wildman–Crippen LogP) is 1.92. The molecule has 1 N–H and O–H groups in total. The molecule has 0 fully saturated rings. The number of nitrogens with one attached hydrogen (secondary N) is 1. The first-order valence-electron chi connectivity index (χ1n) is 7.79. The quantitative estimate of drug-likeness (QED) is 0.906. The molecule has 0 saturated carbocycles. The van der Waals surface area contributed by atoms with Crippen LogP contribution in [0, 0.1) is 0 Å². The number of methoxy groups -OCH3 is 2. The van der Waals surface area contributed by atoms with E-state index in [0.717, 1.165) is 17.9 Å². The van der Waals surface area contributed by atoms with E-state index in [1.54, 1.807) is 20.4 Å². The number of fused-ring (bicyclic) bond motifs is 1. The monoisotopic (exact) mass is 331 g/mol. The highest BCUT2D eigenvalue weighted by Crippen LogP contribution is 2.29. The van der Waals surface area contributed by atoms with Crippen molar-refractivity contribution in [3.63, 3.8) is 0 Å². The molecule has 128 valence electrons. The molecule has 1 aromatic heterocycles. The first-order valence-corrected chi connectivity index (χ1v) is 7.79. The Labute approximate surface area is 140 Å². The normalized spacial score (nSPS) is 14.6. The van der Waals surface area contributed by atoms with Crippen LogP contribution < -0.4 is 14.8 Å². The van der Waals surface area contributed by atoms with Gasteiger partial charge < -0.3 is 24.1 Å². The van der Waals surface area contributed by atoms with Gasteiger partial charge in [0, 0.05) is 12.7 Å². The van der Waals surface area contributed by atoms with E-state index in [0.29, 0.717) is 30.4 Å². The summed E-state index contributed by atoms with van der Waals surface area (Å²) in [6, 6.07) is 5.39. The van der Waals surface area contributed by atoms with Crippen LogP contribution in [-0.4, -0.2) is 36.3 Å². The minimum absolute atomic E-state index is 0.188. The number of amides is 1. The Morgan fingerprint density at radius 2 is 2.12 bits per heavy atom. The maximum absolute atomic E-state index is 12.4. The second kappa shape index (κ2) is 6.92. The summed E-state index contributed by atoms with van der Waals surface area (Å²) >= 11 is 0. The molecule has 1 atom stereocenters. The maximum Gasteiger partial charge on any atom is 0.271 e. The molecule has 0 saturated heterocycles. The third-order valence-electron chi connectivity index (χ3n) is 4.05. The van der Waals surface area contributed by atoms with Crippen molar-refractivity contribution in [2.75, 3.05) is 20.8 Å². The number of benzene rings is 1. The van der Waals surface area contributed by atoms with Crippen LogP contribution in [0.4, 0.5) is 0 Å². The molecule has 2 heterocycles. The molecule has 7 nitrogen and oxygen atoms in total. The van der Waals surface area contributed by atoms with Gasteiger partial charge in [0.05, 0.1) is 26.9 Å². The topological polar surface area (TPSA) is 74.6 Å². The van der Waals surface area contributed by atoms with Crippen LogP contribution in [0.3, 0.4) is 0 Å². The van der Waals surface area contributed by atoms with E-state index in [9.17, 15) is 4.79 Å². The molecule has 1 aliphatic rings. The Kier molecular flexibility index (Phi) is 4.71. The van der Waals surface area contributed by atoms with Gasteiger partial charge in [0.25, 0.3) is 5.91 Å². The highest BCUT2D eigenvalue weighted by atomic mass is 16.5. The molecule has 1 amide bonds. The van der Waals surface area contributed by atoms with Crippen molar-refractivity contribution in [3.8, 4) is 11.5 Å².